The summed E-state index contributed by atoms with van der Waals surface area (Å²) >= 11 is 0. The van der Waals surface area contributed by atoms with E-state index in [9.17, 15) is 15.3 Å². The van der Waals surface area contributed by atoms with Gasteiger partial charge in [0.2, 0.25) is 0 Å². The van der Waals surface area contributed by atoms with Crippen molar-refractivity contribution in [2.24, 2.45) is 34.5 Å². The van der Waals surface area contributed by atoms with Crippen molar-refractivity contribution in [1.29, 1.82) is 0 Å². The summed E-state index contributed by atoms with van der Waals surface area (Å²) in [5, 5.41) is 31.3. The molecule has 0 heterocycles. The van der Waals surface area contributed by atoms with Gasteiger partial charge >= 0.3 is 0 Å². The number of aliphatic hydroxyl groups excluding tert-OH is 3. The molecular formula is C19H32O3. The van der Waals surface area contributed by atoms with Gasteiger partial charge in [-0.3, -0.25) is 0 Å². The molecule has 0 saturated heterocycles. The minimum absolute atomic E-state index is 0.0921. The zero-order valence-corrected chi connectivity index (χ0v) is 14.0. The summed E-state index contributed by atoms with van der Waals surface area (Å²) in [5.74, 6) is 2.09. The third kappa shape index (κ3) is 2.04. The van der Waals surface area contributed by atoms with E-state index in [4.69, 9.17) is 0 Å². The van der Waals surface area contributed by atoms with Gasteiger partial charge in [-0.15, -0.1) is 0 Å². The fourth-order valence-electron chi connectivity index (χ4n) is 7.42. The van der Waals surface area contributed by atoms with Gasteiger partial charge in [0.25, 0.3) is 0 Å². The van der Waals surface area contributed by atoms with Crippen LogP contribution in [0.25, 0.3) is 0 Å². The van der Waals surface area contributed by atoms with Crippen LogP contribution in [0.5, 0.6) is 0 Å². The molecule has 4 aliphatic rings. The molecule has 0 aromatic heterocycles. The van der Waals surface area contributed by atoms with E-state index < -0.39 is 0 Å². The average Bonchev–Trinajstić information content (AvgIpc) is 2.72. The maximum atomic E-state index is 10.8. The molecule has 0 aromatic carbocycles. The summed E-state index contributed by atoms with van der Waals surface area (Å²) < 4.78 is 0. The largest absolute Gasteiger partial charge is 0.393 e. The number of aliphatic hydroxyl groups is 3. The Kier molecular flexibility index (Phi) is 3.46. The van der Waals surface area contributed by atoms with Gasteiger partial charge in [-0.2, -0.15) is 0 Å². The first-order valence-electron chi connectivity index (χ1n) is 9.38. The minimum atomic E-state index is -0.209. The molecule has 4 rings (SSSR count). The van der Waals surface area contributed by atoms with Crippen LogP contribution in [0.3, 0.4) is 0 Å². The highest BCUT2D eigenvalue weighted by atomic mass is 16.3. The van der Waals surface area contributed by atoms with E-state index in [1.807, 2.05) is 0 Å². The lowest BCUT2D eigenvalue weighted by molar-refractivity contribution is -0.168. The van der Waals surface area contributed by atoms with Crippen molar-refractivity contribution in [2.45, 2.75) is 83.5 Å². The molecule has 9 atom stereocenters. The number of rotatable bonds is 0. The van der Waals surface area contributed by atoms with E-state index in [1.165, 1.54) is 12.8 Å². The molecule has 22 heavy (non-hydrogen) atoms. The zero-order valence-electron chi connectivity index (χ0n) is 14.0. The Bertz CT molecular complexity index is 452. The maximum Gasteiger partial charge on any atom is 0.0576 e. The zero-order chi connectivity index (χ0) is 15.7. The summed E-state index contributed by atoms with van der Waals surface area (Å²) in [5.41, 5.74) is 0.367. The van der Waals surface area contributed by atoms with E-state index in [0.29, 0.717) is 23.7 Å². The van der Waals surface area contributed by atoms with Gasteiger partial charge in [-0.25, -0.2) is 0 Å². The molecule has 0 amide bonds. The molecule has 0 bridgehead atoms. The maximum absolute atomic E-state index is 10.8. The molecule has 3 heteroatoms. The van der Waals surface area contributed by atoms with Crippen molar-refractivity contribution in [3.63, 3.8) is 0 Å². The van der Waals surface area contributed by atoms with Crippen molar-refractivity contribution < 1.29 is 15.3 Å². The Labute approximate surface area is 134 Å². The second kappa shape index (κ2) is 4.94. The Hall–Kier alpha value is -0.120. The van der Waals surface area contributed by atoms with Crippen LogP contribution < -0.4 is 0 Å². The van der Waals surface area contributed by atoms with Crippen LogP contribution >= 0.6 is 0 Å². The first-order valence-corrected chi connectivity index (χ1v) is 9.38. The van der Waals surface area contributed by atoms with Crippen LogP contribution in [0.1, 0.15) is 65.2 Å². The van der Waals surface area contributed by atoms with E-state index in [1.54, 1.807) is 0 Å². The molecule has 4 aliphatic carbocycles. The number of fused-ring (bicyclic) bond motifs is 5. The highest BCUT2D eigenvalue weighted by molar-refractivity contribution is 5.10. The lowest BCUT2D eigenvalue weighted by Crippen LogP contribution is -2.57. The molecule has 0 aromatic rings. The van der Waals surface area contributed by atoms with Crippen LogP contribution in [0.15, 0.2) is 0 Å². The fraction of sp³-hybridized carbons (Fsp3) is 1.00. The van der Waals surface area contributed by atoms with Gasteiger partial charge in [-0.1, -0.05) is 13.8 Å². The summed E-state index contributed by atoms with van der Waals surface area (Å²) in [6, 6.07) is 0. The fourth-order valence-corrected chi connectivity index (χ4v) is 7.42. The van der Waals surface area contributed by atoms with Crippen LogP contribution in [0, 0.1) is 34.5 Å². The van der Waals surface area contributed by atoms with E-state index in [-0.39, 0.29) is 29.1 Å². The summed E-state index contributed by atoms with van der Waals surface area (Å²) in [7, 11) is 0. The first kappa shape index (κ1) is 15.4. The molecule has 0 spiro atoms. The second-order valence-corrected chi connectivity index (χ2v) is 9.51. The smallest absolute Gasteiger partial charge is 0.0576 e. The molecule has 3 N–H and O–H groups in total. The van der Waals surface area contributed by atoms with Gasteiger partial charge in [0.1, 0.15) is 0 Å². The third-order valence-electron chi connectivity index (χ3n) is 8.34. The van der Waals surface area contributed by atoms with E-state index in [2.05, 4.69) is 13.8 Å². The lowest BCUT2D eigenvalue weighted by Gasteiger charge is -2.61. The van der Waals surface area contributed by atoms with E-state index in [0.717, 1.165) is 38.5 Å². The number of hydrogen-bond acceptors (Lipinski definition) is 3. The topological polar surface area (TPSA) is 60.7 Å². The Balaban J connectivity index is 1.67. The third-order valence-corrected chi connectivity index (χ3v) is 8.34. The van der Waals surface area contributed by atoms with Crippen molar-refractivity contribution in [1.82, 2.24) is 0 Å². The van der Waals surface area contributed by atoms with Crippen molar-refractivity contribution in [3.8, 4) is 0 Å². The number of hydrogen-bond donors (Lipinski definition) is 3. The Morgan fingerprint density at radius 3 is 2.32 bits per heavy atom. The summed E-state index contributed by atoms with van der Waals surface area (Å²) in [4.78, 5) is 0. The molecule has 0 radical (unpaired) electrons. The lowest BCUT2D eigenvalue weighted by atomic mass is 9.44. The van der Waals surface area contributed by atoms with Crippen molar-refractivity contribution in [2.75, 3.05) is 0 Å². The van der Waals surface area contributed by atoms with E-state index >= 15 is 0 Å². The van der Waals surface area contributed by atoms with Gasteiger partial charge in [0.15, 0.2) is 0 Å². The first-order chi connectivity index (χ1) is 10.3. The van der Waals surface area contributed by atoms with Crippen LogP contribution in [-0.2, 0) is 0 Å². The standard InChI is InChI=1S/C19H32O3/c1-18-6-5-14-13(16(18)7-12(21)9-18)8-17(22)15-4-3-11(20)10-19(14,15)2/h11-17,20-22H,3-10H2,1-2H3/t11-,12+,13+,14-,15+,16-,17-,18+,19+/m0/s1. The van der Waals surface area contributed by atoms with Crippen molar-refractivity contribution >= 4 is 0 Å². The second-order valence-electron chi connectivity index (χ2n) is 9.51. The van der Waals surface area contributed by atoms with Crippen LogP contribution in [-0.4, -0.2) is 33.6 Å². The normalized spacial score (nSPS) is 61.2. The molecule has 0 unspecified atom stereocenters. The molecule has 4 fully saturated rings. The Morgan fingerprint density at radius 2 is 1.55 bits per heavy atom. The molecule has 0 aliphatic heterocycles. The average molecular weight is 308 g/mol. The molecular weight excluding hydrogens is 276 g/mol. The minimum Gasteiger partial charge on any atom is -0.393 e. The van der Waals surface area contributed by atoms with Gasteiger partial charge < -0.3 is 15.3 Å². The Morgan fingerprint density at radius 1 is 0.773 bits per heavy atom. The van der Waals surface area contributed by atoms with Gasteiger partial charge in [0, 0.05) is 0 Å². The van der Waals surface area contributed by atoms with Crippen molar-refractivity contribution in [3.05, 3.63) is 0 Å². The summed E-state index contributed by atoms with van der Waals surface area (Å²) in [6.45, 7) is 4.70. The highest BCUT2D eigenvalue weighted by Gasteiger charge is 2.61. The van der Waals surface area contributed by atoms with Crippen LogP contribution in [0.4, 0.5) is 0 Å². The van der Waals surface area contributed by atoms with Gasteiger partial charge in [0.05, 0.1) is 18.3 Å². The predicted molar refractivity (Wildman–Crippen MR) is 85.1 cm³/mol. The quantitative estimate of drug-likeness (QED) is 0.645. The highest BCUT2D eigenvalue weighted by Crippen LogP contribution is 2.66. The molecule has 126 valence electrons. The molecule has 4 saturated carbocycles. The monoisotopic (exact) mass is 308 g/mol. The molecule has 3 nitrogen and oxygen atoms in total. The summed E-state index contributed by atoms with van der Waals surface area (Å²) in [6.07, 6.45) is 7.38. The van der Waals surface area contributed by atoms with Gasteiger partial charge in [-0.05, 0) is 85.9 Å². The van der Waals surface area contributed by atoms with Crippen LogP contribution in [0.2, 0.25) is 0 Å². The SMILES string of the molecule is C[C@]12CC[C@H]3[C@@H](C[C@H](O)[C@H]4CC[C@H](O)C[C@@]43C)[C@@H]1C[C@@H](O)C2. The predicted octanol–water partition coefficient (Wildman–Crippen LogP) is 2.72.